The molecule has 0 spiro atoms. The van der Waals surface area contributed by atoms with Crippen LogP contribution in [0.5, 0.6) is 0 Å². The molecule has 2 amide bonds. The van der Waals surface area contributed by atoms with Crippen molar-refractivity contribution < 1.29 is 19.8 Å². The van der Waals surface area contributed by atoms with Crippen LogP contribution in [-0.4, -0.2) is 39.3 Å². The molecule has 1 heterocycles. The number of benzene rings is 2. The van der Waals surface area contributed by atoms with Gasteiger partial charge in [0.05, 0.1) is 6.54 Å². The molecule has 7 nitrogen and oxygen atoms in total. The van der Waals surface area contributed by atoms with Gasteiger partial charge in [-0.1, -0.05) is 42.5 Å². The number of nitrogens with one attached hydrogen (secondary N) is 3. The lowest BCUT2D eigenvalue weighted by atomic mass is 9.90. The highest BCUT2D eigenvalue weighted by Crippen LogP contribution is 2.36. The second kappa shape index (κ2) is 7.50. The number of para-hydroxylation sites is 1. The number of H-pyrrole nitrogens is 1. The molecule has 30 heavy (non-hydrogen) atoms. The molecule has 5 N–H and O–H groups in total. The number of carbonyl (C=O) groups excluding carboxylic acids is 1. The van der Waals surface area contributed by atoms with Gasteiger partial charge in [-0.25, -0.2) is 4.79 Å². The van der Waals surface area contributed by atoms with Crippen LogP contribution in [0.15, 0.2) is 54.7 Å². The third-order valence-corrected chi connectivity index (χ3v) is 5.97. The molecule has 1 aliphatic carbocycles. The monoisotopic (exact) mass is 407 g/mol. The molecule has 3 aromatic rings. The summed E-state index contributed by atoms with van der Waals surface area (Å²) in [5.41, 5.74) is 1.08. The fraction of sp³-hybridized carbons (Fsp3) is 0.304. The number of hydrogen-bond acceptors (Lipinski definition) is 3. The summed E-state index contributed by atoms with van der Waals surface area (Å²) in [7, 11) is 0. The first-order valence-electron chi connectivity index (χ1n) is 9.96. The molecule has 0 saturated carbocycles. The second-order valence-corrected chi connectivity index (χ2v) is 8.17. The summed E-state index contributed by atoms with van der Waals surface area (Å²) < 4.78 is 0. The summed E-state index contributed by atoms with van der Waals surface area (Å²) in [4.78, 5) is 27.7. The van der Waals surface area contributed by atoms with E-state index in [1.807, 2.05) is 48.5 Å². The van der Waals surface area contributed by atoms with E-state index in [9.17, 15) is 19.8 Å². The van der Waals surface area contributed by atoms with Gasteiger partial charge in [-0.2, -0.15) is 0 Å². The van der Waals surface area contributed by atoms with Crippen molar-refractivity contribution in [2.45, 2.75) is 37.3 Å². The maximum absolute atomic E-state index is 13.1. The van der Waals surface area contributed by atoms with Crippen molar-refractivity contribution >= 4 is 22.9 Å². The Bertz CT molecular complexity index is 1110. The van der Waals surface area contributed by atoms with Gasteiger partial charge in [0, 0.05) is 23.5 Å². The molecule has 0 aliphatic heterocycles. The molecule has 1 aromatic heterocycles. The average Bonchev–Trinajstić information content (AvgIpc) is 3.28. The molecule has 2 atom stereocenters. The Morgan fingerprint density at radius 2 is 1.90 bits per heavy atom. The number of carbonyl (C=O) groups is 2. The fourth-order valence-corrected chi connectivity index (χ4v) is 4.35. The van der Waals surface area contributed by atoms with Crippen molar-refractivity contribution in [3.63, 3.8) is 0 Å². The third-order valence-electron chi connectivity index (χ3n) is 5.97. The molecule has 156 valence electrons. The number of aryl methyl sites for hydroxylation is 1. The summed E-state index contributed by atoms with van der Waals surface area (Å²) in [6, 6.07) is 15.3. The van der Waals surface area contributed by atoms with E-state index in [1.54, 1.807) is 13.1 Å². The van der Waals surface area contributed by atoms with E-state index >= 15 is 0 Å². The predicted octanol–water partition coefficient (Wildman–Crippen LogP) is 2.69. The Morgan fingerprint density at radius 3 is 2.70 bits per heavy atom. The zero-order valence-corrected chi connectivity index (χ0v) is 16.7. The Kier molecular flexibility index (Phi) is 4.99. The number of aromatic nitrogens is 1. The minimum absolute atomic E-state index is 0.0214. The number of aliphatic hydroxyl groups is 1. The zero-order chi connectivity index (χ0) is 21.4. The van der Waals surface area contributed by atoms with Crippen molar-refractivity contribution in [1.29, 1.82) is 0 Å². The van der Waals surface area contributed by atoms with E-state index in [4.69, 9.17) is 0 Å². The molecular formula is C23H25N3O4. The van der Waals surface area contributed by atoms with E-state index in [0.29, 0.717) is 6.42 Å². The van der Waals surface area contributed by atoms with Crippen molar-refractivity contribution in [3.05, 3.63) is 71.4 Å². The Morgan fingerprint density at radius 1 is 1.17 bits per heavy atom. The van der Waals surface area contributed by atoms with Crippen LogP contribution >= 0.6 is 0 Å². The van der Waals surface area contributed by atoms with E-state index in [2.05, 4.69) is 15.6 Å². The van der Waals surface area contributed by atoms with Crippen molar-refractivity contribution in [2.24, 2.45) is 0 Å². The molecular weight excluding hydrogens is 382 g/mol. The highest BCUT2D eigenvalue weighted by Gasteiger charge is 2.40. The van der Waals surface area contributed by atoms with E-state index < -0.39 is 23.1 Å². The minimum Gasteiger partial charge on any atom is -0.465 e. The maximum atomic E-state index is 13.1. The lowest BCUT2D eigenvalue weighted by molar-refractivity contribution is -0.128. The zero-order valence-electron chi connectivity index (χ0n) is 16.7. The summed E-state index contributed by atoms with van der Waals surface area (Å²) >= 11 is 0. The molecule has 2 unspecified atom stereocenters. The van der Waals surface area contributed by atoms with Gasteiger partial charge in [-0.15, -0.1) is 0 Å². The molecule has 4 rings (SSSR count). The lowest BCUT2D eigenvalue weighted by Gasteiger charge is -2.31. The predicted molar refractivity (Wildman–Crippen MR) is 113 cm³/mol. The van der Waals surface area contributed by atoms with Crippen LogP contribution in [0, 0.1) is 0 Å². The van der Waals surface area contributed by atoms with E-state index in [1.165, 1.54) is 0 Å². The largest absolute Gasteiger partial charge is 0.465 e. The van der Waals surface area contributed by atoms with Gasteiger partial charge in [0.1, 0.15) is 11.1 Å². The molecule has 0 saturated heterocycles. The van der Waals surface area contributed by atoms with Gasteiger partial charge in [0.15, 0.2) is 0 Å². The molecule has 0 fully saturated rings. The quantitative estimate of drug-likeness (QED) is 0.432. The Labute approximate surface area is 174 Å². The van der Waals surface area contributed by atoms with Crippen LogP contribution in [0.2, 0.25) is 0 Å². The minimum atomic E-state index is -1.40. The smallest absolute Gasteiger partial charge is 0.405 e. The SMILES string of the molecule is CC(Cc1c[nH]c2ccccc12)(NC(=O)O)C(=O)NCC1(O)CCc2ccccc21. The van der Waals surface area contributed by atoms with Gasteiger partial charge in [0.2, 0.25) is 5.91 Å². The highest BCUT2D eigenvalue weighted by atomic mass is 16.4. The number of carboxylic acid groups (broad SMARTS) is 1. The van der Waals surface area contributed by atoms with Crippen LogP contribution in [0.25, 0.3) is 10.9 Å². The second-order valence-electron chi connectivity index (χ2n) is 8.17. The first-order valence-corrected chi connectivity index (χ1v) is 9.96. The number of rotatable bonds is 6. The Balaban J connectivity index is 1.54. The van der Waals surface area contributed by atoms with Gasteiger partial charge in [0.25, 0.3) is 0 Å². The van der Waals surface area contributed by atoms with Gasteiger partial charge in [-0.05, 0) is 42.5 Å². The van der Waals surface area contributed by atoms with E-state index in [0.717, 1.165) is 34.0 Å². The summed E-state index contributed by atoms with van der Waals surface area (Å²) in [6.07, 6.45) is 1.93. The molecule has 1 aliphatic rings. The van der Waals surface area contributed by atoms with Crippen molar-refractivity contribution in [2.75, 3.05) is 6.54 Å². The average molecular weight is 407 g/mol. The van der Waals surface area contributed by atoms with Crippen LogP contribution in [0.3, 0.4) is 0 Å². The highest BCUT2D eigenvalue weighted by molar-refractivity contribution is 5.91. The van der Waals surface area contributed by atoms with Crippen molar-refractivity contribution in [1.82, 2.24) is 15.6 Å². The summed E-state index contributed by atoms with van der Waals surface area (Å²) in [6.45, 7) is 1.58. The van der Waals surface area contributed by atoms with E-state index in [-0.39, 0.29) is 13.0 Å². The number of aromatic amines is 1. The van der Waals surface area contributed by atoms with Gasteiger partial charge >= 0.3 is 6.09 Å². The van der Waals surface area contributed by atoms with Gasteiger partial charge < -0.3 is 25.8 Å². The van der Waals surface area contributed by atoms with Crippen molar-refractivity contribution in [3.8, 4) is 0 Å². The molecule has 7 heteroatoms. The topological polar surface area (TPSA) is 114 Å². The third kappa shape index (κ3) is 3.64. The maximum Gasteiger partial charge on any atom is 0.405 e. The number of amides is 2. The first kappa shape index (κ1) is 20.0. The van der Waals surface area contributed by atoms with Crippen LogP contribution in [0.4, 0.5) is 4.79 Å². The summed E-state index contributed by atoms with van der Waals surface area (Å²) in [5.74, 6) is -0.479. The summed E-state index contributed by atoms with van der Waals surface area (Å²) in [5, 5.41) is 26.5. The Hall–Kier alpha value is -3.32. The lowest BCUT2D eigenvalue weighted by Crippen LogP contribution is -2.59. The number of hydrogen-bond donors (Lipinski definition) is 5. The van der Waals surface area contributed by atoms with Crippen LogP contribution < -0.4 is 10.6 Å². The first-order chi connectivity index (χ1) is 14.3. The molecule has 0 radical (unpaired) electrons. The molecule has 0 bridgehead atoms. The molecule has 2 aromatic carbocycles. The van der Waals surface area contributed by atoms with Gasteiger partial charge in [-0.3, -0.25) is 4.79 Å². The van der Waals surface area contributed by atoms with Crippen LogP contribution in [0.1, 0.15) is 30.0 Å². The normalized spacial score (nSPS) is 19.8. The fourth-order valence-electron chi connectivity index (χ4n) is 4.35. The number of fused-ring (bicyclic) bond motifs is 2. The van der Waals surface area contributed by atoms with Crippen LogP contribution in [-0.2, 0) is 23.2 Å². The standard InChI is InChI=1S/C23H25N3O4/c1-22(26-21(28)29,12-16-13-24-19-9-5-3-7-17(16)19)20(27)25-14-23(30)11-10-15-6-2-4-8-18(15)23/h2-9,13,24,26,30H,10-12,14H2,1H3,(H,25,27)(H,28,29).